The number of hydrogen-bond donors (Lipinski definition) is 0. The van der Waals surface area contributed by atoms with Gasteiger partial charge in [-0.2, -0.15) is 18.2 Å². The molecule has 0 saturated heterocycles. The van der Waals surface area contributed by atoms with E-state index in [1.165, 1.54) is 6.07 Å². The quantitative estimate of drug-likeness (QED) is 0.783. The third-order valence-corrected chi connectivity index (χ3v) is 4.95. The van der Waals surface area contributed by atoms with Crippen LogP contribution in [0.2, 0.25) is 0 Å². The predicted octanol–water partition coefficient (Wildman–Crippen LogP) is 3.33. The summed E-state index contributed by atoms with van der Waals surface area (Å²) >= 11 is 0. The van der Waals surface area contributed by atoms with Gasteiger partial charge in [-0.1, -0.05) is 17.3 Å². The van der Waals surface area contributed by atoms with Gasteiger partial charge in [0.25, 0.3) is 5.91 Å². The number of hydrogen-bond acceptors (Lipinski definition) is 5. The van der Waals surface area contributed by atoms with Gasteiger partial charge in [-0.25, -0.2) is 0 Å². The first-order valence-electron chi connectivity index (χ1n) is 8.19. The molecular formula is C17H15F3N4O2. The first kappa shape index (κ1) is 16.7. The molecule has 2 aromatic rings. The van der Waals surface area contributed by atoms with Gasteiger partial charge in [-0.3, -0.25) is 9.79 Å². The van der Waals surface area contributed by atoms with Crippen molar-refractivity contribution in [3.63, 3.8) is 0 Å². The molecule has 0 spiro atoms. The van der Waals surface area contributed by atoms with Crippen molar-refractivity contribution < 1.29 is 22.5 Å². The van der Waals surface area contributed by atoms with Crippen LogP contribution < -0.4 is 0 Å². The minimum Gasteiger partial charge on any atom is -0.329 e. The second-order valence-corrected chi connectivity index (χ2v) is 6.47. The zero-order valence-electron chi connectivity index (χ0n) is 13.7. The second-order valence-electron chi connectivity index (χ2n) is 6.47. The topological polar surface area (TPSA) is 71.6 Å². The van der Waals surface area contributed by atoms with Crippen LogP contribution in [0.3, 0.4) is 0 Å². The highest BCUT2D eigenvalue weighted by Gasteiger charge is 2.40. The lowest BCUT2D eigenvalue weighted by atomic mass is 10.1. The lowest BCUT2D eigenvalue weighted by molar-refractivity contribution is -0.159. The third-order valence-electron chi connectivity index (χ3n) is 4.95. The van der Waals surface area contributed by atoms with E-state index in [1.807, 2.05) is 0 Å². The molecule has 2 atom stereocenters. The third kappa shape index (κ3) is 2.67. The number of carbonyl (C=O) groups excluding carboxylic acids is 1. The van der Waals surface area contributed by atoms with Crippen LogP contribution in [0, 0.1) is 0 Å². The Morgan fingerprint density at radius 3 is 2.81 bits per heavy atom. The number of nitrogens with zero attached hydrogens (tertiary/aromatic N) is 4. The standard InChI is InChI=1S/C17H15F3N4O2/c1-21-12-3-2-4-13(12)24-8-10-6-5-9(7-11(10)15(24)25)14-22-16(26-23-14)17(18,19)20/h5-7,12-13H,1-4,8H2/t12-,13-/m0/s1. The molecule has 9 heteroatoms. The molecule has 26 heavy (non-hydrogen) atoms. The molecular weight excluding hydrogens is 349 g/mol. The van der Waals surface area contributed by atoms with Crippen molar-refractivity contribution in [2.24, 2.45) is 4.99 Å². The molecule has 1 saturated carbocycles. The van der Waals surface area contributed by atoms with Crippen molar-refractivity contribution in [1.29, 1.82) is 0 Å². The lowest BCUT2D eigenvalue weighted by Crippen LogP contribution is -2.39. The van der Waals surface area contributed by atoms with Gasteiger partial charge >= 0.3 is 12.1 Å². The molecule has 1 aromatic heterocycles. The van der Waals surface area contributed by atoms with E-state index >= 15 is 0 Å². The Hall–Kier alpha value is -2.71. The van der Waals surface area contributed by atoms with E-state index in [1.54, 1.807) is 17.0 Å². The van der Waals surface area contributed by atoms with Crippen molar-refractivity contribution in [1.82, 2.24) is 15.0 Å². The van der Waals surface area contributed by atoms with Gasteiger partial charge < -0.3 is 9.42 Å². The van der Waals surface area contributed by atoms with E-state index in [-0.39, 0.29) is 23.8 Å². The number of halogens is 3. The van der Waals surface area contributed by atoms with Crippen LogP contribution in [0.5, 0.6) is 0 Å². The summed E-state index contributed by atoms with van der Waals surface area (Å²) in [6.45, 7) is 4.07. The van der Waals surface area contributed by atoms with Crippen LogP contribution in [-0.2, 0) is 12.7 Å². The Bertz CT molecular complexity index is 877. The first-order chi connectivity index (χ1) is 12.4. The molecule has 6 nitrogen and oxygen atoms in total. The van der Waals surface area contributed by atoms with E-state index in [2.05, 4.69) is 26.4 Å². The number of fused-ring (bicyclic) bond motifs is 1. The number of aliphatic imine (C=N–C) groups is 1. The van der Waals surface area contributed by atoms with E-state index in [0.717, 1.165) is 24.8 Å². The van der Waals surface area contributed by atoms with Crippen LogP contribution in [0.4, 0.5) is 13.2 Å². The van der Waals surface area contributed by atoms with Crippen molar-refractivity contribution >= 4 is 12.6 Å². The van der Waals surface area contributed by atoms with Gasteiger partial charge in [0.1, 0.15) is 0 Å². The largest absolute Gasteiger partial charge is 0.471 e. The Morgan fingerprint density at radius 1 is 1.31 bits per heavy atom. The van der Waals surface area contributed by atoms with Gasteiger partial charge in [0.15, 0.2) is 0 Å². The van der Waals surface area contributed by atoms with Gasteiger partial charge in [-0.05, 0) is 37.6 Å². The highest BCUT2D eigenvalue weighted by atomic mass is 19.4. The fraction of sp³-hybridized carbons (Fsp3) is 0.412. The maximum Gasteiger partial charge on any atom is 0.471 e. The van der Waals surface area contributed by atoms with Gasteiger partial charge in [-0.15, -0.1) is 0 Å². The monoisotopic (exact) mass is 364 g/mol. The smallest absolute Gasteiger partial charge is 0.329 e. The summed E-state index contributed by atoms with van der Waals surface area (Å²) in [6, 6.07) is 4.88. The fourth-order valence-electron chi connectivity index (χ4n) is 3.68. The highest BCUT2D eigenvalue weighted by molar-refractivity contribution is 5.99. The van der Waals surface area contributed by atoms with Crippen LogP contribution in [0.25, 0.3) is 11.4 Å². The van der Waals surface area contributed by atoms with Gasteiger partial charge in [0.2, 0.25) is 5.82 Å². The molecule has 1 aromatic carbocycles. The molecule has 4 rings (SSSR count). The Labute approximate surface area is 146 Å². The molecule has 1 amide bonds. The summed E-state index contributed by atoms with van der Waals surface area (Å²) in [7, 11) is 0. The van der Waals surface area contributed by atoms with Crippen molar-refractivity contribution in [3.05, 3.63) is 35.2 Å². The minimum absolute atomic E-state index is 0.0119. The summed E-state index contributed by atoms with van der Waals surface area (Å²) < 4.78 is 42.1. The Morgan fingerprint density at radius 2 is 2.12 bits per heavy atom. The van der Waals surface area contributed by atoms with E-state index in [0.29, 0.717) is 17.7 Å². The first-order valence-corrected chi connectivity index (χ1v) is 8.19. The number of carbonyl (C=O) groups is 1. The average molecular weight is 364 g/mol. The van der Waals surface area contributed by atoms with E-state index in [4.69, 9.17) is 0 Å². The SMILES string of the molecule is C=N[C@H]1CCC[C@@H]1N1Cc2ccc(-c3noc(C(F)(F)F)n3)cc2C1=O. The van der Waals surface area contributed by atoms with Crippen LogP contribution in [0.1, 0.15) is 41.1 Å². The summed E-state index contributed by atoms with van der Waals surface area (Å²) in [5, 5.41) is 3.37. The van der Waals surface area contributed by atoms with Crippen LogP contribution in [-0.4, -0.2) is 39.7 Å². The molecule has 136 valence electrons. The maximum atomic E-state index is 12.8. The lowest BCUT2D eigenvalue weighted by Gasteiger charge is -2.27. The maximum absolute atomic E-state index is 12.8. The zero-order chi connectivity index (χ0) is 18.5. The number of alkyl halides is 3. The molecule has 0 N–H and O–H groups in total. The molecule has 0 radical (unpaired) electrons. The summed E-state index contributed by atoms with van der Waals surface area (Å²) in [4.78, 5) is 22.1. The predicted molar refractivity (Wildman–Crippen MR) is 85.6 cm³/mol. The molecule has 1 fully saturated rings. The van der Waals surface area contributed by atoms with E-state index in [9.17, 15) is 18.0 Å². The molecule has 2 aliphatic rings. The Kier molecular flexibility index (Phi) is 3.82. The molecule has 2 heterocycles. The van der Waals surface area contributed by atoms with Crippen LogP contribution in [0.15, 0.2) is 27.7 Å². The van der Waals surface area contributed by atoms with Gasteiger partial charge in [0.05, 0.1) is 12.1 Å². The zero-order valence-corrected chi connectivity index (χ0v) is 13.7. The fourth-order valence-corrected chi connectivity index (χ4v) is 3.68. The molecule has 0 unspecified atom stereocenters. The molecule has 1 aliphatic carbocycles. The van der Waals surface area contributed by atoms with E-state index < -0.39 is 12.1 Å². The van der Waals surface area contributed by atoms with Gasteiger partial charge in [0, 0.05) is 17.7 Å². The minimum atomic E-state index is -4.70. The normalized spacial score (nSPS) is 22.7. The summed E-state index contributed by atoms with van der Waals surface area (Å²) in [6.07, 6.45) is -1.94. The summed E-state index contributed by atoms with van der Waals surface area (Å²) in [5.74, 6) is -1.76. The Balaban J connectivity index is 1.63. The number of benzene rings is 1. The highest BCUT2D eigenvalue weighted by Crippen LogP contribution is 2.35. The van der Waals surface area contributed by atoms with Crippen molar-refractivity contribution in [3.8, 4) is 11.4 Å². The van der Waals surface area contributed by atoms with Crippen molar-refractivity contribution in [2.75, 3.05) is 0 Å². The number of rotatable bonds is 3. The summed E-state index contributed by atoms with van der Waals surface area (Å²) in [5.41, 5.74) is 1.59. The number of amides is 1. The molecule has 0 bridgehead atoms. The van der Waals surface area contributed by atoms with Crippen LogP contribution >= 0.6 is 0 Å². The molecule has 1 aliphatic heterocycles. The average Bonchev–Trinajstić information content (AvgIpc) is 3.32. The second kappa shape index (κ2) is 5.93. The van der Waals surface area contributed by atoms with Crippen molar-refractivity contribution in [2.45, 2.75) is 44.1 Å². The number of aromatic nitrogens is 2.